The van der Waals surface area contributed by atoms with Crippen molar-refractivity contribution in [3.63, 3.8) is 0 Å². The first-order valence-electron chi connectivity index (χ1n) is 9.15. The third kappa shape index (κ3) is 4.06. The molecule has 3 aliphatic heterocycles. The Hall–Kier alpha value is -1.58. The number of carbonyl (C=O) groups excluding carboxylic acids is 2. The maximum Gasteiger partial charge on any atom is 0.267 e. The topological polar surface area (TPSA) is 95.9 Å². The van der Waals surface area contributed by atoms with Gasteiger partial charge in [-0.25, -0.2) is 13.4 Å². The largest absolute Gasteiger partial charge is 0.344 e. The summed E-state index contributed by atoms with van der Waals surface area (Å²) in [6.45, 7) is 0. The summed E-state index contributed by atoms with van der Waals surface area (Å²) in [6.07, 6.45) is 1.55. The summed E-state index contributed by atoms with van der Waals surface area (Å²) in [7, 11) is -3.14. The molecule has 1 fully saturated rings. The minimum atomic E-state index is -3.14. The molecular formula is C18H20ClN3O4S2. The Kier molecular flexibility index (Phi) is 5.41. The fourth-order valence-electron chi connectivity index (χ4n) is 3.74. The Morgan fingerprint density at radius 1 is 1.29 bits per heavy atom. The maximum atomic E-state index is 12.8. The van der Waals surface area contributed by atoms with Crippen LogP contribution >= 0.6 is 23.4 Å². The van der Waals surface area contributed by atoms with Crippen LogP contribution in [0.15, 0.2) is 28.2 Å². The Morgan fingerprint density at radius 3 is 2.86 bits per heavy atom. The van der Waals surface area contributed by atoms with Crippen molar-refractivity contribution in [3.05, 3.63) is 28.8 Å². The van der Waals surface area contributed by atoms with Gasteiger partial charge < -0.3 is 5.32 Å². The minimum Gasteiger partial charge on any atom is -0.344 e. The molecule has 0 aliphatic carbocycles. The van der Waals surface area contributed by atoms with Gasteiger partial charge in [0.15, 0.2) is 9.84 Å². The van der Waals surface area contributed by atoms with Crippen LogP contribution in [0.3, 0.4) is 0 Å². The third-order valence-corrected chi connectivity index (χ3v) is 8.30. The first-order chi connectivity index (χ1) is 13.3. The zero-order valence-electron chi connectivity index (χ0n) is 15.1. The first-order valence-corrected chi connectivity index (χ1v) is 12.3. The smallest absolute Gasteiger partial charge is 0.267 e. The SMILES string of the molecule is O=C(NC1CCSc2ccc(Cl)cc21)C1=NN(C2CCS(=O)(=O)C2)C(=O)CC1. The highest BCUT2D eigenvalue weighted by atomic mass is 35.5. The van der Waals surface area contributed by atoms with Crippen molar-refractivity contribution in [1.29, 1.82) is 0 Å². The molecule has 1 N–H and O–H groups in total. The summed E-state index contributed by atoms with van der Waals surface area (Å²) < 4.78 is 23.5. The van der Waals surface area contributed by atoms with Crippen molar-refractivity contribution < 1.29 is 18.0 Å². The van der Waals surface area contributed by atoms with Gasteiger partial charge in [0.05, 0.1) is 23.6 Å². The van der Waals surface area contributed by atoms with E-state index in [2.05, 4.69) is 10.4 Å². The summed E-state index contributed by atoms with van der Waals surface area (Å²) in [5, 5.41) is 9.09. The van der Waals surface area contributed by atoms with Gasteiger partial charge in [-0.2, -0.15) is 5.10 Å². The number of hydrogen-bond donors (Lipinski definition) is 1. The quantitative estimate of drug-likeness (QED) is 0.775. The van der Waals surface area contributed by atoms with Gasteiger partial charge in [0.25, 0.3) is 5.91 Å². The molecule has 1 aromatic rings. The Balaban J connectivity index is 1.52. The molecule has 3 aliphatic rings. The molecule has 2 amide bonds. The zero-order chi connectivity index (χ0) is 19.9. The van der Waals surface area contributed by atoms with Crippen LogP contribution in [-0.4, -0.2) is 54.3 Å². The van der Waals surface area contributed by atoms with Gasteiger partial charge in [0, 0.05) is 28.5 Å². The van der Waals surface area contributed by atoms with Crippen LogP contribution in [0.4, 0.5) is 0 Å². The van der Waals surface area contributed by atoms with E-state index in [1.807, 2.05) is 18.2 Å². The molecule has 4 rings (SSSR count). The summed E-state index contributed by atoms with van der Waals surface area (Å²) in [5.74, 6) is 0.293. The van der Waals surface area contributed by atoms with Gasteiger partial charge >= 0.3 is 0 Å². The lowest BCUT2D eigenvalue weighted by atomic mass is 10.0. The predicted molar refractivity (Wildman–Crippen MR) is 108 cm³/mol. The summed E-state index contributed by atoms with van der Waals surface area (Å²) >= 11 is 7.85. The molecule has 150 valence electrons. The van der Waals surface area contributed by atoms with Crippen molar-refractivity contribution in [2.24, 2.45) is 5.10 Å². The number of hydrazone groups is 1. The number of halogens is 1. The van der Waals surface area contributed by atoms with Crippen LogP contribution in [-0.2, 0) is 19.4 Å². The summed E-state index contributed by atoms with van der Waals surface area (Å²) in [4.78, 5) is 26.1. The molecule has 1 saturated heterocycles. The average Bonchev–Trinajstić information content (AvgIpc) is 3.02. The first kappa shape index (κ1) is 19.7. The van der Waals surface area contributed by atoms with Gasteiger partial charge in [0.1, 0.15) is 5.71 Å². The Bertz CT molecular complexity index is 964. The number of sulfone groups is 1. The highest BCUT2D eigenvalue weighted by molar-refractivity contribution is 7.99. The normalized spacial score (nSPS) is 26.5. The molecule has 0 bridgehead atoms. The molecular weight excluding hydrogens is 422 g/mol. The second-order valence-corrected chi connectivity index (χ2v) is 11.0. The number of nitrogens with zero attached hydrogens (tertiary/aromatic N) is 2. The van der Waals surface area contributed by atoms with Crippen molar-refractivity contribution >= 4 is 50.7 Å². The van der Waals surface area contributed by atoms with E-state index in [0.29, 0.717) is 11.4 Å². The van der Waals surface area contributed by atoms with Crippen LogP contribution in [0.5, 0.6) is 0 Å². The van der Waals surface area contributed by atoms with Crippen LogP contribution < -0.4 is 5.32 Å². The number of hydrogen-bond acceptors (Lipinski definition) is 6. The molecule has 2 atom stereocenters. The number of rotatable bonds is 3. The lowest BCUT2D eigenvalue weighted by Crippen LogP contribution is -2.44. The van der Waals surface area contributed by atoms with Crippen molar-refractivity contribution in [1.82, 2.24) is 10.3 Å². The maximum absolute atomic E-state index is 12.8. The van der Waals surface area contributed by atoms with Gasteiger partial charge in [-0.3, -0.25) is 9.59 Å². The predicted octanol–water partition coefficient (Wildman–Crippen LogP) is 2.16. The van der Waals surface area contributed by atoms with E-state index in [0.717, 1.165) is 22.6 Å². The van der Waals surface area contributed by atoms with Gasteiger partial charge in [-0.1, -0.05) is 11.6 Å². The van der Waals surface area contributed by atoms with Crippen molar-refractivity contribution in [2.45, 2.75) is 42.7 Å². The van der Waals surface area contributed by atoms with Crippen LogP contribution in [0.1, 0.15) is 37.3 Å². The number of carbonyl (C=O) groups is 2. The van der Waals surface area contributed by atoms with E-state index in [-0.39, 0.29) is 47.9 Å². The lowest BCUT2D eigenvalue weighted by Gasteiger charge is -2.29. The standard InChI is InChI=1S/C18H20ClN3O4S2/c19-11-1-3-16-13(9-11)14(5-7-27-16)20-18(24)15-2-4-17(23)22(21-15)12-6-8-28(25,26)10-12/h1,3,9,12,14H,2,4-8,10H2,(H,20,24). The molecule has 10 heteroatoms. The van der Waals surface area contributed by atoms with E-state index in [9.17, 15) is 18.0 Å². The second-order valence-electron chi connectivity index (χ2n) is 7.19. The summed E-state index contributed by atoms with van der Waals surface area (Å²) in [6, 6.07) is 5.02. The van der Waals surface area contributed by atoms with E-state index in [1.54, 1.807) is 11.8 Å². The van der Waals surface area contributed by atoms with Gasteiger partial charge in [-0.15, -0.1) is 11.8 Å². The van der Waals surface area contributed by atoms with Gasteiger partial charge in [-0.05, 0) is 36.6 Å². The van der Waals surface area contributed by atoms with E-state index < -0.39 is 15.9 Å². The number of nitrogens with one attached hydrogen (secondary N) is 1. The molecule has 7 nitrogen and oxygen atoms in total. The van der Waals surface area contributed by atoms with Crippen LogP contribution in [0.2, 0.25) is 5.02 Å². The summed E-state index contributed by atoms with van der Waals surface area (Å²) in [5.41, 5.74) is 1.26. The highest BCUT2D eigenvalue weighted by Crippen LogP contribution is 2.37. The minimum absolute atomic E-state index is 0.0514. The van der Waals surface area contributed by atoms with Crippen molar-refractivity contribution in [3.8, 4) is 0 Å². The molecule has 0 saturated carbocycles. The van der Waals surface area contributed by atoms with Crippen LogP contribution in [0, 0.1) is 0 Å². The molecule has 0 radical (unpaired) electrons. The van der Waals surface area contributed by atoms with E-state index in [1.165, 1.54) is 5.01 Å². The number of amides is 2. The molecule has 0 aromatic heterocycles. The van der Waals surface area contributed by atoms with E-state index in [4.69, 9.17) is 11.6 Å². The highest BCUT2D eigenvalue weighted by Gasteiger charge is 2.37. The number of thioether (sulfide) groups is 1. The fourth-order valence-corrected chi connectivity index (χ4v) is 6.72. The number of fused-ring (bicyclic) bond motifs is 1. The van der Waals surface area contributed by atoms with Gasteiger partial charge in [0.2, 0.25) is 5.91 Å². The zero-order valence-corrected chi connectivity index (χ0v) is 17.4. The Labute approximate surface area is 172 Å². The van der Waals surface area contributed by atoms with Crippen LogP contribution in [0.25, 0.3) is 0 Å². The molecule has 2 unspecified atom stereocenters. The number of benzene rings is 1. The monoisotopic (exact) mass is 441 g/mol. The Morgan fingerprint density at radius 2 is 2.11 bits per heavy atom. The fraction of sp³-hybridized carbons (Fsp3) is 0.500. The molecule has 1 aromatic carbocycles. The average molecular weight is 442 g/mol. The van der Waals surface area contributed by atoms with Crippen molar-refractivity contribution in [2.75, 3.05) is 17.3 Å². The lowest BCUT2D eigenvalue weighted by molar-refractivity contribution is -0.133. The molecule has 3 heterocycles. The third-order valence-electron chi connectivity index (χ3n) is 5.19. The molecule has 28 heavy (non-hydrogen) atoms. The molecule has 0 spiro atoms. The second kappa shape index (κ2) is 7.68. The van der Waals surface area contributed by atoms with E-state index >= 15 is 0 Å².